The highest BCUT2D eigenvalue weighted by Crippen LogP contribution is 2.32. The maximum absolute atomic E-state index is 13.2. The maximum Gasteiger partial charge on any atom is 0.159 e. The lowest BCUT2D eigenvalue weighted by atomic mass is 10.0. The van der Waals surface area contributed by atoms with E-state index in [-0.39, 0.29) is 4.83 Å². The van der Waals surface area contributed by atoms with Gasteiger partial charge in [0.25, 0.3) is 0 Å². The molecule has 0 amide bonds. The van der Waals surface area contributed by atoms with Crippen molar-refractivity contribution in [2.24, 2.45) is 0 Å². The fraction of sp³-hybridized carbons (Fsp3) is 0.143. The molecule has 0 fully saturated rings. The summed E-state index contributed by atoms with van der Waals surface area (Å²) in [6, 6.07) is 11.3. The van der Waals surface area contributed by atoms with E-state index in [9.17, 15) is 8.78 Å². The summed E-state index contributed by atoms with van der Waals surface area (Å²) in [5.41, 5.74) is 1.61. The molecule has 0 saturated carbocycles. The van der Waals surface area contributed by atoms with Crippen molar-refractivity contribution in [1.82, 2.24) is 0 Å². The number of benzene rings is 2. The van der Waals surface area contributed by atoms with Crippen molar-refractivity contribution in [2.75, 3.05) is 7.11 Å². The highest BCUT2D eigenvalue weighted by atomic mass is 79.9. The first-order valence-corrected chi connectivity index (χ1v) is 6.26. The van der Waals surface area contributed by atoms with E-state index >= 15 is 0 Å². The summed E-state index contributed by atoms with van der Waals surface area (Å²) in [6.45, 7) is 0. The first kappa shape index (κ1) is 13.0. The molecule has 1 unspecified atom stereocenters. The van der Waals surface area contributed by atoms with E-state index in [2.05, 4.69) is 15.9 Å². The highest BCUT2D eigenvalue weighted by Gasteiger charge is 2.12. The summed E-state index contributed by atoms with van der Waals surface area (Å²) in [5.74, 6) is -0.928. The Morgan fingerprint density at radius 1 is 0.944 bits per heavy atom. The highest BCUT2D eigenvalue weighted by molar-refractivity contribution is 9.09. The zero-order chi connectivity index (χ0) is 13.1. The Hall–Kier alpha value is -1.42. The molecule has 2 aromatic carbocycles. The van der Waals surface area contributed by atoms with E-state index in [0.717, 1.165) is 17.4 Å². The van der Waals surface area contributed by atoms with E-state index in [1.54, 1.807) is 13.2 Å². The molecule has 18 heavy (non-hydrogen) atoms. The quantitative estimate of drug-likeness (QED) is 0.760. The van der Waals surface area contributed by atoms with Crippen molar-refractivity contribution in [3.8, 4) is 5.75 Å². The molecule has 0 aliphatic heterocycles. The van der Waals surface area contributed by atoms with Crippen LogP contribution < -0.4 is 4.74 Å². The fourth-order valence-corrected chi connectivity index (χ4v) is 2.23. The zero-order valence-electron chi connectivity index (χ0n) is 9.66. The molecule has 0 bridgehead atoms. The maximum atomic E-state index is 13.2. The molecular formula is C14H11BrF2O. The number of alkyl halides is 1. The zero-order valence-corrected chi connectivity index (χ0v) is 11.2. The van der Waals surface area contributed by atoms with E-state index < -0.39 is 11.6 Å². The minimum atomic E-state index is -0.842. The van der Waals surface area contributed by atoms with Gasteiger partial charge in [0, 0.05) is 0 Å². The van der Waals surface area contributed by atoms with Crippen LogP contribution in [0.25, 0.3) is 0 Å². The molecular weight excluding hydrogens is 302 g/mol. The molecule has 0 N–H and O–H groups in total. The second-order valence-corrected chi connectivity index (χ2v) is 4.72. The molecule has 1 nitrogen and oxygen atoms in total. The summed E-state index contributed by atoms with van der Waals surface area (Å²) in [6.07, 6.45) is 0. The summed E-state index contributed by atoms with van der Waals surface area (Å²) in [4.78, 5) is -0.182. The molecule has 0 spiro atoms. The number of hydrogen-bond acceptors (Lipinski definition) is 1. The summed E-state index contributed by atoms with van der Waals surface area (Å²) < 4.78 is 31.1. The molecule has 0 radical (unpaired) electrons. The van der Waals surface area contributed by atoms with Crippen LogP contribution in [0.5, 0.6) is 5.75 Å². The minimum absolute atomic E-state index is 0.182. The Kier molecular flexibility index (Phi) is 3.97. The normalized spacial score (nSPS) is 12.2. The molecule has 0 aromatic heterocycles. The third-order valence-electron chi connectivity index (χ3n) is 2.64. The van der Waals surface area contributed by atoms with Crippen molar-refractivity contribution in [2.45, 2.75) is 4.83 Å². The molecule has 2 rings (SSSR count). The average molecular weight is 313 g/mol. The van der Waals surface area contributed by atoms with Crippen molar-refractivity contribution in [1.29, 1.82) is 0 Å². The summed E-state index contributed by atoms with van der Waals surface area (Å²) in [7, 11) is 1.59. The lowest BCUT2D eigenvalue weighted by molar-refractivity contribution is 0.414. The summed E-state index contributed by atoms with van der Waals surface area (Å²) in [5, 5.41) is 0. The van der Waals surface area contributed by atoms with Crippen LogP contribution in [0, 0.1) is 11.6 Å². The van der Waals surface area contributed by atoms with Crippen LogP contribution in [0.2, 0.25) is 0 Å². The standard InChI is InChI=1S/C14H11BrF2O/c1-18-11-5-2-9(3-6-11)14(15)10-4-7-12(16)13(17)8-10/h2-8,14H,1H3. The molecule has 4 heteroatoms. The van der Waals surface area contributed by atoms with Crippen LogP contribution in [0.15, 0.2) is 42.5 Å². The Labute approximate surface area is 113 Å². The number of methoxy groups -OCH3 is 1. The van der Waals surface area contributed by atoms with E-state index in [0.29, 0.717) is 5.56 Å². The van der Waals surface area contributed by atoms with Gasteiger partial charge in [-0.25, -0.2) is 8.78 Å². The smallest absolute Gasteiger partial charge is 0.159 e. The number of ether oxygens (including phenoxy) is 1. The Morgan fingerprint density at radius 3 is 2.11 bits per heavy atom. The van der Waals surface area contributed by atoms with E-state index in [4.69, 9.17) is 4.74 Å². The van der Waals surface area contributed by atoms with Crippen molar-refractivity contribution in [3.63, 3.8) is 0 Å². The minimum Gasteiger partial charge on any atom is -0.497 e. The van der Waals surface area contributed by atoms with Gasteiger partial charge in [-0.3, -0.25) is 0 Å². The topological polar surface area (TPSA) is 9.23 Å². The largest absolute Gasteiger partial charge is 0.497 e. The molecule has 0 aliphatic carbocycles. The first-order chi connectivity index (χ1) is 8.61. The second-order valence-electron chi connectivity index (χ2n) is 3.81. The van der Waals surface area contributed by atoms with Gasteiger partial charge in [0.1, 0.15) is 5.75 Å². The van der Waals surface area contributed by atoms with Gasteiger partial charge in [0.05, 0.1) is 11.9 Å². The van der Waals surface area contributed by atoms with Gasteiger partial charge in [0.2, 0.25) is 0 Å². The number of hydrogen-bond donors (Lipinski definition) is 0. The summed E-state index contributed by atoms with van der Waals surface area (Å²) >= 11 is 3.47. The van der Waals surface area contributed by atoms with Crippen molar-refractivity contribution >= 4 is 15.9 Å². The van der Waals surface area contributed by atoms with Crippen molar-refractivity contribution < 1.29 is 13.5 Å². The van der Waals surface area contributed by atoms with Crippen LogP contribution in [0.4, 0.5) is 8.78 Å². The number of rotatable bonds is 3. The van der Waals surface area contributed by atoms with E-state index in [1.807, 2.05) is 24.3 Å². The van der Waals surface area contributed by atoms with Crippen LogP contribution in [-0.4, -0.2) is 7.11 Å². The average Bonchev–Trinajstić information content (AvgIpc) is 2.41. The van der Waals surface area contributed by atoms with Gasteiger partial charge in [-0.15, -0.1) is 0 Å². The Balaban J connectivity index is 2.28. The molecule has 0 aliphatic rings. The Bertz CT molecular complexity index is 540. The molecule has 1 atom stereocenters. The van der Waals surface area contributed by atoms with Crippen LogP contribution in [-0.2, 0) is 0 Å². The molecule has 0 heterocycles. The van der Waals surface area contributed by atoms with E-state index in [1.165, 1.54) is 6.07 Å². The van der Waals surface area contributed by atoms with Gasteiger partial charge < -0.3 is 4.74 Å². The predicted molar refractivity (Wildman–Crippen MR) is 70.1 cm³/mol. The first-order valence-electron chi connectivity index (χ1n) is 5.35. The molecule has 0 saturated heterocycles. The predicted octanol–water partition coefficient (Wildman–Crippen LogP) is 4.46. The van der Waals surface area contributed by atoms with Gasteiger partial charge >= 0.3 is 0 Å². The second kappa shape index (κ2) is 5.48. The third-order valence-corrected chi connectivity index (χ3v) is 3.70. The lowest BCUT2D eigenvalue weighted by Crippen LogP contribution is -1.95. The number of halogens is 3. The van der Waals surface area contributed by atoms with Crippen LogP contribution in [0.1, 0.15) is 16.0 Å². The molecule has 94 valence electrons. The SMILES string of the molecule is COc1ccc(C(Br)c2ccc(F)c(F)c2)cc1. The fourth-order valence-electron chi connectivity index (χ4n) is 1.64. The van der Waals surface area contributed by atoms with Crippen LogP contribution in [0.3, 0.4) is 0 Å². The van der Waals surface area contributed by atoms with Crippen LogP contribution >= 0.6 is 15.9 Å². The van der Waals surface area contributed by atoms with Gasteiger partial charge in [-0.1, -0.05) is 34.1 Å². The monoisotopic (exact) mass is 312 g/mol. The lowest BCUT2D eigenvalue weighted by Gasteiger charge is -2.11. The molecule has 2 aromatic rings. The Morgan fingerprint density at radius 2 is 1.56 bits per heavy atom. The van der Waals surface area contributed by atoms with Crippen molar-refractivity contribution in [3.05, 3.63) is 65.2 Å². The van der Waals surface area contributed by atoms with Gasteiger partial charge in [-0.2, -0.15) is 0 Å². The van der Waals surface area contributed by atoms with Gasteiger partial charge in [-0.05, 0) is 35.4 Å². The van der Waals surface area contributed by atoms with Gasteiger partial charge in [0.15, 0.2) is 11.6 Å². The third kappa shape index (κ3) is 2.70.